The van der Waals surface area contributed by atoms with Crippen LogP contribution in [0.1, 0.15) is 0 Å². The van der Waals surface area contributed by atoms with Crippen molar-refractivity contribution in [1.82, 2.24) is 5.32 Å². The van der Waals surface area contributed by atoms with Crippen LogP contribution in [0.4, 0.5) is 0 Å². The minimum absolute atomic E-state index is 0. The van der Waals surface area contributed by atoms with Gasteiger partial charge in [0.25, 0.3) is 0 Å². The van der Waals surface area contributed by atoms with Crippen LogP contribution in [0.3, 0.4) is 0 Å². The number of ether oxygens (including phenoxy) is 1. The third-order valence-corrected chi connectivity index (χ3v) is 0.627. The number of rotatable bonds is 0. The van der Waals surface area contributed by atoms with Crippen molar-refractivity contribution >= 4 is 0 Å². The van der Waals surface area contributed by atoms with E-state index < -0.39 is 0 Å². The van der Waals surface area contributed by atoms with Crippen molar-refractivity contribution in [3.05, 3.63) is 0 Å². The van der Waals surface area contributed by atoms with Gasteiger partial charge in [-0.2, -0.15) is 0 Å². The predicted octanol–water partition coefficient (Wildman–Crippen LogP) is -0.439. The molecule has 1 saturated heterocycles. The van der Waals surface area contributed by atoms with Gasteiger partial charge < -0.3 is 4.74 Å². The molecule has 6 heavy (non-hydrogen) atoms. The summed E-state index contributed by atoms with van der Waals surface area (Å²) in [7, 11) is 0. The summed E-state index contributed by atoms with van der Waals surface area (Å²) in [5.74, 6) is 0. The molecule has 1 rings (SSSR count). The van der Waals surface area contributed by atoms with E-state index in [9.17, 15) is 0 Å². The summed E-state index contributed by atoms with van der Waals surface area (Å²) >= 11 is 0. The Bertz CT molecular complexity index is 22.4. The average Bonchev–Trinajstić information content (AvgIpc) is 1.76. The second kappa shape index (κ2) is 3.81. The first-order valence-corrected chi connectivity index (χ1v) is 1.78. The molecular weight excluding hydrogens is 114 g/mol. The second-order valence-electron chi connectivity index (χ2n) is 1.05. The van der Waals surface area contributed by atoms with Gasteiger partial charge in [0.1, 0.15) is 0 Å². The first kappa shape index (κ1) is 6.63. The molecule has 0 spiro atoms. The Kier molecular flexibility index (Phi) is 4.21. The van der Waals surface area contributed by atoms with Crippen molar-refractivity contribution in [2.45, 2.75) is 0 Å². The fourth-order valence-electron chi connectivity index (χ4n) is 0.361. The van der Waals surface area contributed by atoms with E-state index in [1.807, 2.05) is 0 Å². The molecule has 1 fully saturated rings. The van der Waals surface area contributed by atoms with Gasteiger partial charge >= 0.3 is 0 Å². The van der Waals surface area contributed by atoms with Crippen molar-refractivity contribution in [2.24, 2.45) is 0 Å². The van der Waals surface area contributed by atoms with Gasteiger partial charge in [-0.3, -0.25) is 5.32 Å². The molecule has 0 aromatic rings. The molecule has 0 bridgehead atoms. The molecule has 0 atom stereocenters. The van der Waals surface area contributed by atoms with Gasteiger partial charge in [0.15, 0.2) is 0 Å². The van der Waals surface area contributed by atoms with Crippen LogP contribution in [-0.4, -0.2) is 19.9 Å². The molecule has 1 aliphatic rings. The maximum Gasteiger partial charge on any atom is 0.0966 e. The Hall–Kier alpha value is 0.634. The molecule has 0 aromatic carbocycles. The zero-order chi connectivity index (χ0) is 3.54. The first-order valence-electron chi connectivity index (χ1n) is 1.78. The van der Waals surface area contributed by atoms with E-state index in [-0.39, 0.29) is 21.7 Å². The molecule has 0 unspecified atom stereocenters. The van der Waals surface area contributed by atoms with Crippen molar-refractivity contribution in [3.8, 4) is 0 Å². The molecule has 3 heteroatoms. The van der Waals surface area contributed by atoms with Gasteiger partial charge in [-0.05, 0) is 0 Å². The Morgan fingerprint density at radius 2 is 2.33 bits per heavy atom. The minimum atomic E-state index is 0. The Labute approximate surface area is 52.1 Å². The number of nitrogens with one attached hydrogen (secondary N) is 1. The van der Waals surface area contributed by atoms with E-state index in [0.29, 0.717) is 0 Å². The van der Waals surface area contributed by atoms with Crippen LogP contribution in [0.2, 0.25) is 0 Å². The zero-order valence-electron chi connectivity index (χ0n) is 3.53. The summed E-state index contributed by atoms with van der Waals surface area (Å²) in [6, 6.07) is 0. The summed E-state index contributed by atoms with van der Waals surface area (Å²) in [6.45, 7) is 2.67. The van der Waals surface area contributed by atoms with Gasteiger partial charge in [0.2, 0.25) is 0 Å². The zero-order valence-corrected chi connectivity index (χ0v) is 5.09. The maximum atomic E-state index is 4.83. The van der Waals surface area contributed by atoms with Crippen LogP contribution in [-0.2, 0) is 26.5 Å². The van der Waals surface area contributed by atoms with Crippen LogP contribution in [0.15, 0.2) is 0 Å². The van der Waals surface area contributed by atoms with Gasteiger partial charge in [0, 0.05) is 28.3 Å². The van der Waals surface area contributed by atoms with E-state index in [1.165, 1.54) is 0 Å². The molecule has 0 aromatic heterocycles. The van der Waals surface area contributed by atoms with E-state index >= 15 is 0 Å². The predicted molar refractivity (Wildman–Crippen MR) is 18.8 cm³/mol. The van der Waals surface area contributed by atoms with E-state index in [0.717, 1.165) is 19.9 Å². The standard InChI is InChI=1S/C3H7NO.Ti/c1-2-5-3-4-1;/h4H,1-3H2;. The maximum absolute atomic E-state index is 4.83. The van der Waals surface area contributed by atoms with Crippen LogP contribution >= 0.6 is 0 Å². The van der Waals surface area contributed by atoms with Crippen LogP contribution in [0, 0.1) is 0 Å². The largest absolute Gasteiger partial charge is 0.365 e. The molecule has 34 valence electrons. The van der Waals surface area contributed by atoms with E-state index in [4.69, 9.17) is 4.74 Å². The van der Waals surface area contributed by atoms with Gasteiger partial charge in [0.05, 0.1) is 13.3 Å². The fraction of sp³-hybridized carbons (Fsp3) is 1.00. The van der Waals surface area contributed by atoms with Crippen LogP contribution in [0.25, 0.3) is 0 Å². The van der Waals surface area contributed by atoms with E-state index in [2.05, 4.69) is 5.32 Å². The summed E-state index contributed by atoms with van der Waals surface area (Å²) in [4.78, 5) is 0. The Morgan fingerprint density at radius 1 is 1.50 bits per heavy atom. The summed E-state index contributed by atoms with van der Waals surface area (Å²) in [5.41, 5.74) is 0. The molecular formula is C3H7NOTi. The average molecular weight is 121 g/mol. The number of hydrogen-bond donors (Lipinski definition) is 1. The third-order valence-electron chi connectivity index (χ3n) is 0.627. The van der Waals surface area contributed by atoms with E-state index in [1.54, 1.807) is 0 Å². The molecule has 1 heterocycles. The fourth-order valence-corrected chi connectivity index (χ4v) is 0.361. The monoisotopic (exact) mass is 121 g/mol. The molecule has 1 N–H and O–H groups in total. The second-order valence-corrected chi connectivity index (χ2v) is 1.05. The Morgan fingerprint density at radius 3 is 2.50 bits per heavy atom. The summed E-state index contributed by atoms with van der Waals surface area (Å²) in [5, 5.41) is 3.00. The molecule has 1 aliphatic heterocycles. The molecule has 0 saturated carbocycles. The SMILES string of the molecule is C1COCN1.[Ti]. The summed E-state index contributed by atoms with van der Waals surface area (Å²) in [6.07, 6.45) is 0. The topological polar surface area (TPSA) is 21.3 Å². The minimum Gasteiger partial charge on any atom is -0.365 e. The smallest absolute Gasteiger partial charge is 0.0966 e. The quantitative estimate of drug-likeness (QED) is 0.438. The molecule has 2 nitrogen and oxygen atoms in total. The Balaban J connectivity index is 0.000000250. The normalized spacial score (nSPS) is 20.0. The van der Waals surface area contributed by atoms with Crippen molar-refractivity contribution < 1.29 is 26.5 Å². The molecule has 0 aliphatic carbocycles. The third kappa shape index (κ3) is 1.93. The number of hydrogen-bond acceptors (Lipinski definition) is 2. The molecule has 0 amide bonds. The van der Waals surface area contributed by atoms with Crippen molar-refractivity contribution in [3.63, 3.8) is 0 Å². The summed E-state index contributed by atoms with van der Waals surface area (Å²) < 4.78 is 4.83. The van der Waals surface area contributed by atoms with Crippen molar-refractivity contribution in [2.75, 3.05) is 19.9 Å². The van der Waals surface area contributed by atoms with Gasteiger partial charge in [-0.25, -0.2) is 0 Å². The van der Waals surface area contributed by atoms with Gasteiger partial charge in [-0.1, -0.05) is 0 Å². The van der Waals surface area contributed by atoms with Gasteiger partial charge in [-0.15, -0.1) is 0 Å². The van der Waals surface area contributed by atoms with Crippen molar-refractivity contribution in [1.29, 1.82) is 0 Å². The first-order chi connectivity index (χ1) is 2.50. The van der Waals surface area contributed by atoms with Crippen LogP contribution < -0.4 is 5.32 Å². The molecule has 0 radical (unpaired) electrons. The van der Waals surface area contributed by atoms with Crippen LogP contribution in [0.5, 0.6) is 0 Å².